The van der Waals surface area contributed by atoms with Crippen LogP contribution >= 0.6 is 15.9 Å². The van der Waals surface area contributed by atoms with Crippen LogP contribution in [0.4, 0.5) is 4.39 Å². The van der Waals surface area contributed by atoms with E-state index in [4.69, 9.17) is 4.74 Å². The zero-order valence-electron chi connectivity index (χ0n) is 16.8. The van der Waals surface area contributed by atoms with Crippen molar-refractivity contribution in [1.82, 2.24) is 5.32 Å². The summed E-state index contributed by atoms with van der Waals surface area (Å²) >= 11 is 3.41. The number of nitriles is 1. The number of carbonyl (C=O) groups excluding carboxylic acids is 1. The topological polar surface area (TPSA) is 62.1 Å². The fraction of sp³-hybridized carbons (Fsp3) is 0.120. The first-order valence-corrected chi connectivity index (χ1v) is 10.4. The molecule has 1 amide bonds. The van der Waals surface area contributed by atoms with E-state index in [1.165, 1.54) is 18.2 Å². The minimum Gasteiger partial charge on any atom is -0.488 e. The summed E-state index contributed by atoms with van der Waals surface area (Å²) in [6.45, 7) is 2.08. The fourth-order valence-corrected chi connectivity index (χ4v) is 3.29. The lowest BCUT2D eigenvalue weighted by Crippen LogP contribution is -2.27. The summed E-state index contributed by atoms with van der Waals surface area (Å²) in [5, 5.41) is 12.4. The Hall–Kier alpha value is -3.43. The first-order valence-electron chi connectivity index (χ1n) is 9.60. The predicted molar refractivity (Wildman–Crippen MR) is 121 cm³/mol. The first-order chi connectivity index (χ1) is 15.0. The third kappa shape index (κ3) is 6.27. The molecule has 3 aromatic rings. The van der Waals surface area contributed by atoms with E-state index < -0.39 is 5.91 Å². The van der Waals surface area contributed by atoms with Crippen LogP contribution in [-0.4, -0.2) is 5.91 Å². The number of nitrogens with zero attached hydrogens (tertiary/aromatic N) is 1. The number of benzene rings is 3. The highest BCUT2D eigenvalue weighted by Crippen LogP contribution is 2.27. The van der Waals surface area contributed by atoms with Crippen LogP contribution in [0.25, 0.3) is 6.08 Å². The molecular weight excluding hydrogens is 459 g/mol. The van der Waals surface area contributed by atoms with Crippen molar-refractivity contribution in [2.24, 2.45) is 0 Å². The molecule has 0 heterocycles. The maximum Gasteiger partial charge on any atom is 0.262 e. The average Bonchev–Trinajstić information content (AvgIpc) is 2.78. The molecule has 0 bridgehead atoms. The van der Waals surface area contributed by atoms with Gasteiger partial charge in [-0.3, -0.25) is 4.79 Å². The third-order valence-electron chi connectivity index (χ3n) is 4.59. The van der Waals surface area contributed by atoms with E-state index in [0.717, 1.165) is 15.6 Å². The Morgan fingerprint density at radius 1 is 1.16 bits per heavy atom. The second-order valence-electron chi connectivity index (χ2n) is 6.87. The maximum absolute atomic E-state index is 13.1. The Bertz CT molecular complexity index is 1120. The normalized spacial score (nSPS) is 12.0. The number of hydrogen-bond acceptors (Lipinski definition) is 3. The predicted octanol–water partition coefficient (Wildman–Crippen LogP) is 5.95. The van der Waals surface area contributed by atoms with E-state index in [2.05, 4.69) is 21.2 Å². The smallest absolute Gasteiger partial charge is 0.262 e. The van der Waals surface area contributed by atoms with Crippen molar-refractivity contribution in [3.63, 3.8) is 0 Å². The SMILES string of the molecule is C[C@@H](NC(=O)/C(C#N)=C\c1cc(Br)ccc1OCc1ccc(F)cc1)c1ccccc1. The Morgan fingerprint density at radius 2 is 1.87 bits per heavy atom. The molecule has 3 aromatic carbocycles. The van der Waals surface area contributed by atoms with Crippen LogP contribution in [0.1, 0.15) is 29.7 Å². The van der Waals surface area contributed by atoms with Gasteiger partial charge in [0.15, 0.2) is 0 Å². The lowest BCUT2D eigenvalue weighted by molar-refractivity contribution is -0.117. The standard InChI is InChI=1S/C25H20BrFN2O2/c1-17(19-5-3-2-4-6-19)29-25(30)21(15-28)13-20-14-22(26)9-12-24(20)31-16-18-7-10-23(27)11-8-18/h2-14,17H,16H2,1H3,(H,29,30)/b21-13-/t17-/m1/s1. The van der Waals surface area contributed by atoms with Gasteiger partial charge >= 0.3 is 0 Å². The molecule has 0 unspecified atom stereocenters. The van der Waals surface area contributed by atoms with Gasteiger partial charge in [0, 0.05) is 10.0 Å². The monoisotopic (exact) mass is 478 g/mol. The molecule has 4 nitrogen and oxygen atoms in total. The van der Waals surface area contributed by atoms with Gasteiger partial charge in [-0.05, 0) is 54.5 Å². The molecule has 0 radical (unpaired) electrons. The molecule has 3 rings (SSSR count). The fourth-order valence-electron chi connectivity index (χ4n) is 2.91. The van der Waals surface area contributed by atoms with Crippen molar-refractivity contribution < 1.29 is 13.9 Å². The summed E-state index contributed by atoms with van der Waals surface area (Å²) in [4.78, 5) is 12.7. The molecule has 31 heavy (non-hydrogen) atoms. The van der Waals surface area contributed by atoms with Gasteiger partial charge in [-0.15, -0.1) is 0 Å². The van der Waals surface area contributed by atoms with Crippen LogP contribution in [0, 0.1) is 17.1 Å². The molecular formula is C25H20BrFN2O2. The summed E-state index contributed by atoms with van der Waals surface area (Å²) in [6.07, 6.45) is 1.50. The van der Waals surface area contributed by atoms with E-state index in [1.54, 1.807) is 30.3 Å². The first kappa shape index (κ1) is 22.3. The van der Waals surface area contributed by atoms with Gasteiger partial charge in [0.2, 0.25) is 0 Å². The second-order valence-corrected chi connectivity index (χ2v) is 7.79. The molecule has 0 aliphatic carbocycles. The van der Waals surface area contributed by atoms with Crippen LogP contribution in [0.15, 0.2) is 82.8 Å². The van der Waals surface area contributed by atoms with Gasteiger partial charge in [-0.2, -0.15) is 5.26 Å². The molecule has 0 aromatic heterocycles. The quantitative estimate of drug-likeness (QED) is 0.337. The zero-order chi connectivity index (χ0) is 22.2. The van der Waals surface area contributed by atoms with Gasteiger partial charge in [0.25, 0.3) is 5.91 Å². The van der Waals surface area contributed by atoms with Gasteiger partial charge < -0.3 is 10.1 Å². The van der Waals surface area contributed by atoms with E-state index >= 15 is 0 Å². The summed E-state index contributed by atoms with van der Waals surface area (Å²) < 4.78 is 19.7. The zero-order valence-corrected chi connectivity index (χ0v) is 18.4. The number of ether oxygens (including phenoxy) is 1. The van der Waals surface area contributed by atoms with Gasteiger partial charge in [-0.1, -0.05) is 58.4 Å². The maximum atomic E-state index is 13.1. The van der Waals surface area contributed by atoms with Crippen molar-refractivity contribution >= 4 is 27.9 Å². The van der Waals surface area contributed by atoms with Crippen molar-refractivity contribution in [3.05, 3.63) is 105 Å². The number of halogens is 2. The van der Waals surface area contributed by atoms with E-state index in [1.807, 2.05) is 43.3 Å². The van der Waals surface area contributed by atoms with E-state index in [0.29, 0.717) is 11.3 Å². The molecule has 0 saturated heterocycles. The van der Waals surface area contributed by atoms with Gasteiger partial charge in [0.1, 0.15) is 29.8 Å². The van der Waals surface area contributed by atoms with Crippen LogP contribution in [0.3, 0.4) is 0 Å². The summed E-state index contributed by atoms with van der Waals surface area (Å²) in [6, 6.07) is 22.6. The van der Waals surface area contributed by atoms with Crippen molar-refractivity contribution in [2.75, 3.05) is 0 Å². The number of nitrogens with one attached hydrogen (secondary N) is 1. The molecule has 0 fully saturated rings. The van der Waals surface area contributed by atoms with Crippen molar-refractivity contribution in [1.29, 1.82) is 5.26 Å². The Morgan fingerprint density at radius 3 is 2.55 bits per heavy atom. The van der Waals surface area contributed by atoms with Crippen LogP contribution in [0.2, 0.25) is 0 Å². The number of hydrogen-bond donors (Lipinski definition) is 1. The minimum absolute atomic E-state index is 0.0347. The Balaban J connectivity index is 1.79. The van der Waals surface area contributed by atoms with Crippen LogP contribution in [0.5, 0.6) is 5.75 Å². The third-order valence-corrected chi connectivity index (χ3v) is 5.08. The van der Waals surface area contributed by atoms with Crippen molar-refractivity contribution in [2.45, 2.75) is 19.6 Å². The van der Waals surface area contributed by atoms with E-state index in [9.17, 15) is 14.4 Å². The van der Waals surface area contributed by atoms with Crippen LogP contribution < -0.4 is 10.1 Å². The molecule has 0 aliphatic heterocycles. The highest BCUT2D eigenvalue weighted by Gasteiger charge is 2.15. The Kier molecular flexibility index (Phi) is 7.58. The van der Waals surface area contributed by atoms with Gasteiger partial charge in [-0.25, -0.2) is 4.39 Å². The molecule has 1 N–H and O–H groups in total. The molecule has 6 heteroatoms. The van der Waals surface area contributed by atoms with Crippen molar-refractivity contribution in [3.8, 4) is 11.8 Å². The summed E-state index contributed by atoms with van der Waals surface area (Å²) in [5.41, 5.74) is 2.29. The molecule has 156 valence electrons. The van der Waals surface area contributed by atoms with E-state index in [-0.39, 0.29) is 24.0 Å². The highest BCUT2D eigenvalue weighted by atomic mass is 79.9. The summed E-state index contributed by atoms with van der Waals surface area (Å²) in [7, 11) is 0. The van der Waals surface area contributed by atoms with Gasteiger partial charge in [0.05, 0.1) is 6.04 Å². The largest absolute Gasteiger partial charge is 0.488 e. The minimum atomic E-state index is -0.469. The van der Waals surface area contributed by atoms with Crippen LogP contribution in [-0.2, 0) is 11.4 Å². The number of carbonyl (C=O) groups is 1. The molecule has 0 spiro atoms. The molecule has 0 aliphatic rings. The highest BCUT2D eigenvalue weighted by molar-refractivity contribution is 9.10. The number of amides is 1. The molecule has 0 saturated carbocycles. The molecule has 1 atom stereocenters. The lowest BCUT2D eigenvalue weighted by atomic mass is 10.1. The second kappa shape index (κ2) is 10.6. The average molecular weight is 479 g/mol. The Labute approximate surface area is 189 Å². The number of rotatable bonds is 7. The summed E-state index contributed by atoms with van der Waals surface area (Å²) in [5.74, 6) is -0.280. The lowest BCUT2D eigenvalue weighted by Gasteiger charge is -2.14.